The molecule has 1 heteroatoms. The van der Waals surface area contributed by atoms with Gasteiger partial charge < -0.3 is 0 Å². The monoisotopic (exact) mass is 91.1 g/mol. The van der Waals surface area contributed by atoms with Gasteiger partial charge in [-0.1, -0.05) is 31.1 Å². The number of rotatable bonds is 1. The smallest absolute Gasteiger partial charge is 0.0911 e. The van der Waals surface area contributed by atoms with E-state index >= 15 is 0 Å². The lowest BCUT2D eigenvalue weighted by atomic mass is 9.68. The lowest BCUT2D eigenvalue weighted by molar-refractivity contribution is 1.39. The highest BCUT2D eigenvalue weighted by Gasteiger charge is 1.97. The Balaban J connectivity index is 2.44. The average Bonchev–Trinajstić information content (AvgIpc) is 2.14. The zero-order chi connectivity index (χ0) is 5.11. The number of hydrogen-bond acceptors (Lipinski definition) is 0. The Hall–Kier alpha value is -0.455. The summed E-state index contributed by atoms with van der Waals surface area (Å²) in [6, 6.07) is 0. The molecule has 0 aromatic carbocycles. The lowest BCUT2D eigenvalue weighted by Crippen LogP contribution is -1.86. The lowest BCUT2D eigenvalue weighted by Gasteiger charge is -1.91. The first-order chi connectivity index (χ1) is 3.43. The topological polar surface area (TPSA) is 0 Å². The Kier molecular flexibility index (Phi) is 1.35. The summed E-state index contributed by atoms with van der Waals surface area (Å²) in [5.41, 5.74) is 0. The van der Waals surface area contributed by atoms with Gasteiger partial charge in [0.05, 0.1) is 0 Å². The highest BCUT2D eigenvalue weighted by molar-refractivity contribution is 6.37. The van der Waals surface area contributed by atoms with Crippen molar-refractivity contribution < 1.29 is 0 Å². The molecule has 0 heterocycles. The molecule has 1 rings (SSSR count). The summed E-state index contributed by atoms with van der Waals surface area (Å²) in [5.74, 6) is 0.611. The Morgan fingerprint density at radius 1 is 1.29 bits per heavy atom. The Labute approximate surface area is 45.2 Å². The van der Waals surface area contributed by atoms with E-state index in [-0.39, 0.29) is 0 Å². The molecule has 0 aromatic heterocycles. The first kappa shape index (κ1) is 4.70. The van der Waals surface area contributed by atoms with Gasteiger partial charge in [0.1, 0.15) is 7.28 Å². The Morgan fingerprint density at radius 3 is 2.14 bits per heavy atom. The molecule has 7 heavy (non-hydrogen) atoms. The maximum Gasteiger partial charge on any atom is 0.120 e. The summed E-state index contributed by atoms with van der Waals surface area (Å²) < 4.78 is 0. The van der Waals surface area contributed by atoms with Gasteiger partial charge >= 0.3 is 0 Å². The zero-order valence-electron chi connectivity index (χ0n) is 4.46. The van der Waals surface area contributed by atoms with Crippen molar-refractivity contribution in [1.29, 1.82) is 0 Å². The van der Waals surface area contributed by atoms with E-state index in [4.69, 9.17) is 0 Å². The molecule has 1 aliphatic rings. The molecule has 0 amide bonds. The van der Waals surface area contributed by atoms with Gasteiger partial charge in [-0.2, -0.15) is 0 Å². The van der Waals surface area contributed by atoms with Gasteiger partial charge in [-0.3, -0.25) is 0 Å². The summed E-state index contributed by atoms with van der Waals surface area (Å²) in [4.78, 5) is 0. The van der Waals surface area contributed by atoms with Crippen LogP contribution in [0.5, 0.6) is 0 Å². The van der Waals surface area contributed by atoms with Crippen LogP contribution >= 0.6 is 0 Å². The third-order valence-electron chi connectivity index (χ3n) is 1.16. The van der Waals surface area contributed by atoms with Gasteiger partial charge in [0.15, 0.2) is 0 Å². The minimum Gasteiger partial charge on any atom is -0.0911 e. The van der Waals surface area contributed by atoms with Crippen molar-refractivity contribution in [2.24, 2.45) is 0 Å². The largest absolute Gasteiger partial charge is 0.120 e. The van der Waals surface area contributed by atoms with Crippen LogP contribution in [0.3, 0.4) is 0 Å². The summed E-state index contributed by atoms with van der Waals surface area (Å²) in [5, 5.41) is 0. The summed E-state index contributed by atoms with van der Waals surface area (Å²) in [6.45, 7) is 2.07. The molecule has 0 N–H and O–H groups in total. The maximum absolute atomic E-state index is 2.17. The maximum atomic E-state index is 2.17. The van der Waals surface area contributed by atoms with E-state index < -0.39 is 0 Å². The fourth-order valence-corrected chi connectivity index (χ4v) is 0.671. The molecular weight excluding hydrogens is 82.9 g/mol. The van der Waals surface area contributed by atoms with Crippen LogP contribution in [0.4, 0.5) is 0 Å². The van der Waals surface area contributed by atoms with E-state index in [1.54, 1.807) is 0 Å². The van der Waals surface area contributed by atoms with Crippen LogP contribution in [0.1, 0.15) is 0 Å². The molecule has 0 atom stereocenters. The minimum absolute atomic E-state index is 0.611. The summed E-state index contributed by atoms with van der Waals surface area (Å²) >= 11 is 0. The first-order valence-electron chi connectivity index (χ1n) is 2.58. The molecule has 0 saturated heterocycles. The summed E-state index contributed by atoms with van der Waals surface area (Å²) in [7, 11) is 2.17. The second kappa shape index (κ2) is 2.01. The number of allylic oxidation sites excluding steroid dienone is 4. The van der Waals surface area contributed by atoms with Gasteiger partial charge in [0.25, 0.3) is 0 Å². The highest BCUT2D eigenvalue weighted by Crippen LogP contribution is 2.12. The van der Waals surface area contributed by atoms with Crippen molar-refractivity contribution >= 4 is 7.28 Å². The minimum atomic E-state index is 0.611. The van der Waals surface area contributed by atoms with Gasteiger partial charge in [-0.15, -0.1) is 0 Å². The van der Waals surface area contributed by atoms with E-state index in [9.17, 15) is 0 Å². The highest BCUT2D eigenvalue weighted by atomic mass is 13.9. The van der Waals surface area contributed by atoms with E-state index in [2.05, 4.69) is 38.4 Å². The second-order valence-corrected chi connectivity index (χ2v) is 1.68. The molecule has 0 unspecified atom stereocenters. The van der Waals surface area contributed by atoms with Crippen molar-refractivity contribution in [2.45, 2.75) is 12.6 Å². The molecule has 0 bridgehead atoms. The van der Waals surface area contributed by atoms with Gasteiger partial charge in [-0.25, -0.2) is 0 Å². The standard InChI is InChI=1S/C6H8B/c1-7-6-4-2-3-5-6/h2-6H,1H3. The van der Waals surface area contributed by atoms with Crippen LogP contribution < -0.4 is 0 Å². The average molecular weight is 90.9 g/mol. The fraction of sp³-hybridized carbons (Fsp3) is 0.333. The molecule has 0 fully saturated rings. The van der Waals surface area contributed by atoms with Crippen LogP contribution in [0.15, 0.2) is 24.3 Å². The Morgan fingerprint density at radius 2 is 1.86 bits per heavy atom. The molecule has 0 spiro atoms. The van der Waals surface area contributed by atoms with Crippen molar-refractivity contribution in [3.63, 3.8) is 0 Å². The molecule has 0 nitrogen and oxygen atoms in total. The third kappa shape index (κ3) is 0.954. The first-order valence-corrected chi connectivity index (χ1v) is 2.58. The van der Waals surface area contributed by atoms with E-state index in [1.165, 1.54) is 0 Å². The SMILES string of the molecule is C[B]C1C=CC=C1. The third-order valence-corrected chi connectivity index (χ3v) is 1.16. The van der Waals surface area contributed by atoms with Crippen LogP contribution in [-0.2, 0) is 0 Å². The fourth-order valence-electron chi connectivity index (χ4n) is 0.671. The molecule has 0 saturated carbocycles. The number of hydrogen-bond donors (Lipinski definition) is 0. The molecule has 0 aromatic rings. The van der Waals surface area contributed by atoms with Crippen LogP contribution in [-0.4, -0.2) is 7.28 Å². The second-order valence-electron chi connectivity index (χ2n) is 1.68. The van der Waals surface area contributed by atoms with Crippen LogP contribution in [0.25, 0.3) is 0 Å². The van der Waals surface area contributed by atoms with Gasteiger partial charge in [0, 0.05) is 0 Å². The van der Waals surface area contributed by atoms with Crippen LogP contribution in [0.2, 0.25) is 12.6 Å². The molecular formula is C6H8B. The van der Waals surface area contributed by atoms with Crippen molar-refractivity contribution in [1.82, 2.24) is 0 Å². The molecule has 35 valence electrons. The van der Waals surface area contributed by atoms with Crippen LogP contribution in [0, 0.1) is 0 Å². The Bertz CT molecular complexity index is 90.7. The van der Waals surface area contributed by atoms with Crippen molar-refractivity contribution in [3.05, 3.63) is 24.3 Å². The van der Waals surface area contributed by atoms with Crippen molar-refractivity contribution in [3.8, 4) is 0 Å². The predicted molar refractivity (Wildman–Crippen MR) is 33.6 cm³/mol. The van der Waals surface area contributed by atoms with Crippen molar-refractivity contribution in [2.75, 3.05) is 0 Å². The quantitative estimate of drug-likeness (QED) is 0.430. The molecule has 1 aliphatic carbocycles. The normalized spacial score (nSPS) is 18.4. The van der Waals surface area contributed by atoms with Gasteiger partial charge in [0.2, 0.25) is 0 Å². The molecule has 1 radical (unpaired) electrons. The van der Waals surface area contributed by atoms with Gasteiger partial charge in [-0.05, 0) is 5.82 Å². The van der Waals surface area contributed by atoms with E-state index in [0.717, 1.165) is 0 Å². The van der Waals surface area contributed by atoms with E-state index in [0.29, 0.717) is 5.82 Å². The zero-order valence-corrected chi connectivity index (χ0v) is 4.46. The predicted octanol–water partition coefficient (Wildman–Crippen LogP) is 1.65. The summed E-state index contributed by atoms with van der Waals surface area (Å²) in [6.07, 6.45) is 8.48. The molecule has 0 aliphatic heterocycles. The van der Waals surface area contributed by atoms with E-state index in [1.807, 2.05) is 0 Å².